The number of hydrogen-bond acceptors (Lipinski definition) is 3. The fourth-order valence-corrected chi connectivity index (χ4v) is 1.31. The van der Waals surface area contributed by atoms with Gasteiger partial charge in [-0.15, -0.1) is 0 Å². The van der Waals surface area contributed by atoms with Gasteiger partial charge in [-0.1, -0.05) is 30.3 Å². The maximum absolute atomic E-state index is 11.6. The molecule has 0 fully saturated rings. The summed E-state index contributed by atoms with van der Waals surface area (Å²) in [4.78, 5) is 22.6. The summed E-state index contributed by atoms with van der Waals surface area (Å²) in [6, 6.07) is 9.36. The molecule has 0 heterocycles. The number of carbonyl (C=O) groups excluding carboxylic acids is 2. The van der Waals surface area contributed by atoms with Crippen molar-refractivity contribution in [3.05, 3.63) is 35.9 Å². The first-order valence-corrected chi connectivity index (χ1v) is 5.39. The summed E-state index contributed by atoms with van der Waals surface area (Å²) in [5.74, 6) is -0.311. The third kappa shape index (κ3) is 4.55. The average Bonchev–Trinajstić information content (AvgIpc) is 2.29. The Bertz CT molecular complexity index is 379. The van der Waals surface area contributed by atoms with Gasteiger partial charge in [0.2, 0.25) is 5.91 Å². The lowest BCUT2D eigenvalue weighted by Crippen LogP contribution is -2.44. The molecule has 5 nitrogen and oxygen atoms in total. The van der Waals surface area contributed by atoms with E-state index in [9.17, 15) is 9.59 Å². The summed E-state index contributed by atoms with van der Waals surface area (Å²) in [6.07, 6.45) is -0.563. The molecule has 0 saturated carbocycles. The molecule has 0 aliphatic carbocycles. The largest absolute Gasteiger partial charge is 0.448 e. The Balaban J connectivity index is 2.70. The predicted octanol–water partition coefficient (Wildman–Crippen LogP) is 1.70. The summed E-state index contributed by atoms with van der Waals surface area (Å²) in [5, 5.41) is 1.15. The highest BCUT2D eigenvalue weighted by atomic mass is 16.6. The van der Waals surface area contributed by atoms with Crippen molar-refractivity contribution >= 4 is 12.0 Å². The molecule has 2 amide bonds. The minimum Gasteiger partial charge on any atom is -0.448 e. The fourth-order valence-electron chi connectivity index (χ4n) is 1.31. The second-order valence-electron chi connectivity index (χ2n) is 3.44. The third-order valence-corrected chi connectivity index (χ3v) is 1.96. The second-order valence-corrected chi connectivity index (χ2v) is 3.44. The van der Waals surface area contributed by atoms with Crippen molar-refractivity contribution in [2.24, 2.45) is 0 Å². The Morgan fingerprint density at radius 2 is 1.94 bits per heavy atom. The van der Waals surface area contributed by atoms with Gasteiger partial charge in [0.1, 0.15) is 0 Å². The number of rotatable bonds is 3. The number of benzene rings is 1. The molecule has 1 rings (SSSR count). The van der Waals surface area contributed by atoms with Crippen molar-refractivity contribution in [1.29, 1.82) is 0 Å². The van der Waals surface area contributed by atoms with E-state index in [-0.39, 0.29) is 19.1 Å². The van der Waals surface area contributed by atoms with Gasteiger partial charge in [-0.05, 0) is 12.5 Å². The van der Waals surface area contributed by atoms with Gasteiger partial charge in [-0.3, -0.25) is 10.2 Å². The van der Waals surface area contributed by atoms with E-state index in [0.29, 0.717) is 0 Å². The Morgan fingerprint density at radius 3 is 2.47 bits per heavy atom. The maximum atomic E-state index is 11.6. The van der Waals surface area contributed by atoms with E-state index in [2.05, 4.69) is 5.43 Å². The number of amides is 2. The standard InChI is InChI=1S/C12H16N2O3/c1-3-17-12(16)14(13-10(2)15)9-11-7-5-4-6-8-11/h4-8H,3,9H2,1-2H3,(H,13,15). The zero-order chi connectivity index (χ0) is 12.7. The molecule has 5 heteroatoms. The molecule has 92 valence electrons. The van der Waals surface area contributed by atoms with Crippen LogP contribution in [-0.2, 0) is 16.1 Å². The quantitative estimate of drug-likeness (QED) is 0.812. The highest BCUT2D eigenvalue weighted by molar-refractivity contribution is 5.77. The summed E-state index contributed by atoms with van der Waals surface area (Å²) < 4.78 is 4.85. The summed E-state index contributed by atoms with van der Waals surface area (Å²) in [7, 11) is 0. The van der Waals surface area contributed by atoms with Gasteiger partial charge in [-0.2, -0.15) is 0 Å². The van der Waals surface area contributed by atoms with Gasteiger partial charge < -0.3 is 4.74 Å². The Morgan fingerprint density at radius 1 is 1.29 bits per heavy atom. The van der Waals surface area contributed by atoms with E-state index in [1.54, 1.807) is 6.92 Å². The van der Waals surface area contributed by atoms with E-state index in [1.807, 2.05) is 30.3 Å². The van der Waals surface area contributed by atoms with Crippen molar-refractivity contribution < 1.29 is 14.3 Å². The fraction of sp³-hybridized carbons (Fsp3) is 0.333. The van der Waals surface area contributed by atoms with Crippen LogP contribution in [0.1, 0.15) is 19.4 Å². The Kier molecular flexibility index (Phi) is 5.00. The number of nitrogens with one attached hydrogen (secondary N) is 1. The molecule has 0 saturated heterocycles. The lowest BCUT2D eigenvalue weighted by atomic mass is 10.2. The molecule has 1 aromatic rings. The zero-order valence-electron chi connectivity index (χ0n) is 9.97. The minimum atomic E-state index is -0.563. The molecule has 0 unspecified atom stereocenters. The Labute approximate surface area is 100 Å². The Hall–Kier alpha value is -2.04. The highest BCUT2D eigenvalue weighted by Crippen LogP contribution is 2.03. The van der Waals surface area contributed by atoms with Crippen molar-refractivity contribution in [2.45, 2.75) is 20.4 Å². The van der Waals surface area contributed by atoms with E-state index in [4.69, 9.17) is 4.74 Å². The number of ether oxygens (including phenoxy) is 1. The first-order valence-electron chi connectivity index (χ1n) is 5.39. The van der Waals surface area contributed by atoms with Gasteiger partial charge in [0.15, 0.2) is 0 Å². The maximum Gasteiger partial charge on any atom is 0.428 e. The van der Waals surface area contributed by atoms with Crippen LogP contribution in [0.3, 0.4) is 0 Å². The summed E-state index contributed by atoms with van der Waals surface area (Å²) in [5.41, 5.74) is 3.34. The van der Waals surface area contributed by atoms with Crippen LogP contribution in [0.15, 0.2) is 30.3 Å². The molecular weight excluding hydrogens is 220 g/mol. The molecule has 1 aromatic carbocycles. The lowest BCUT2D eigenvalue weighted by Gasteiger charge is -2.21. The van der Waals surface area contributed by atoms with Crippen LogP contribution in [-0.4, -0.2) is 23.6 Å². The molecule has 17 heavy (non-hydrogen) atoms. The number of carbonyl (C=O) groups is 2. The average molecular weight is 236 g/mol. The molecule has 0 aliphatic heterocycles. The first-order chi connectivity index (χ1) is 8.13. The number of nitrogens with zero attached hydrogens (tertiary/aromatic N) is 1. The van der Waals surface area contributed by atoms with Gasteiger partial charge in [-0.25, -0.2) is 9.80 Å². The second kappa shape index (κ2) is 6.52. The molecule has 0 radical (unpaired) electrons. The van der Waals surface area contributed by atoms with Crippen LogP contribution in [0, 0.1) is 0 Å². The monoisotopic (exact) mass is 236 g/mol. The van der Waals surface area contributed by atoms with Crippen LogP contribution < -0.4 is 5.43 Å². The molecular formula is C12H16N2O3. The van der Waals surface area contributed by atoms with Crippen molar-refractivity contribution in [1.82, 2.24) is 10.4 Å². The SMILES string of the molecule is CCOC(=O)N(Cc1ccccc1)NC(C)=O. The molecule has 1 N–H and O–H groups in total. The van der Waals surface area contributed by atoms with Crippen LogP contribution in [0.4, 0.5) is 4.79 Å². The van der Waals surface area contributed by atoms with Gasteiger partial charge >= 0.3 is 6.09 Å². The zero-order valence-corrected chi connectivity index (χ0v) is 9.97. The molecule has 0 spiro atoms. The van der Waals surface area contributed by atoms with Crippen molar-refractivity contribution in [3.8, 4) is 0 Å². The van der Waals surface area contributed by atoms with E-state index >= 15 is 0 Å². The minimum absolute atomic E-state index is 0.268. The smallest absolute Gasteiger partial charge is 0.428 e. The lowest BCUT2D eigenvalue weighted by molar-refractivity contribution is -0.123. The van der Waals surface area contributed by atoms with Gasteiger partial charge in [0, 0.05) is 6.92 Å². The summed E-state index contributed by atoms with van der Waals surface area (Å²) in [6.45, 7) is 3.60. The van der Waals surface area contributed by atoms with E-state index < -0.39 is 6.09 Å². The highest BCUT2D eigenvalue weighted by Gasteiger charge is 2.15. The molecule has 0 atom stereocenters. The molecule has 0 bridgehead atoms. The van der Waals surface area contributed by atoms with E-state index in [0.717, 1.165) is 10.6 Å². The van der Waals surface area contributed by atoms with Crippen LogP contribution in [0.2, 0.25) is 0 Å². The van der Waals surface area contributed by atoms with Crippen molar-refractivity contribution in [3.63, 3.8) is 0 Å². The van der Waals surface area contributed by atoms with Crippen LogP contribution >= 0.6 is 0 Å². The molecule has 0 aromatic heterocycles. The number of hydrazine groups is 1. The topological polar surface area (TPSA) is 58.6 Å². The normalized spacial score (nSPS) is 9.53. The first kappa shape index (κ1) is 13.0. The molecule has 0 aliphatic rings. The van der Waals surface area contributed by atoms with Crippen LogP contribution in [0.25, 0.3) is 0 Å². The predicted molar refractivity (Wildman–Crippen MR) is 62.8 cm³/mol. The number of hydrogen-bond donors (Lipinski definition) is 1. The van der Waals surface area contributed by atoms with Crippen molar-refractivity contribution in [2.75, 3.05) is 6.61 Å². The van der Waals surface area contributed by atoms with E-state index in [1.165, 1.54) is 6.92 Å². The van der Waals surface area contributed by atoms with Gasteiger partial charge in [0.25, 0.3) is 0 Å². The van der Waals surface area contributed by atoms with Crippen LogP contribution in [0.5, 0.6) is 0 Å². The van der Waals surface area contributed by atoms with Gasteiger partial charge in [0.05, 0.1) is 13.2 Å². The third-order valence-electron chi connectivity index (χ3n) is 1.96. The summed E-state index contributed by atoms with van der Waals surface area (Å²) >= 11 is 0.